The van der Waals surface area contributed by atoms with E-state index < -0.39 is 0 Å². The van der Waals surface area contributed by atoms with E-state index in [-0.39, 0.29) is 12.0 Å². The highest BCUT2D eigenvalue weighted by atomic mass is 16.5. The number of hydrogen-bond acceptors (Lipinski definition) is 4. The number of hydrogen-bond donors (Lipinski definition) is 0. The quantitative estimate of drug-likeness (QED) is 0.590. The Kier molecular flexibility index (Phi) is 7.34. The minimum absolute atomic E-state index is 0.144. The van der Waals surface area contributed by atoms with Crippen LogP contribution in [0.1, 0.15) is 20.3 Å². The molecule has 0 radical (unpaired) electrons. The first-order chi connectivity index (χ1) is 7.02. The molecule has 0 aliphatic carbocycles. The van der Waals surface area contributed by atoms with Crippen molar-refractivity contribution >= 4 is 5.97 Å². The lowest BCUT2D eigenvalue weighted by atomic mass is 10.2. The smallest absolute Gasteiger partial charge is 0.322 e. The lowest BCUT2D eigenvalue weighted by molar-refractivity contribution is -0.146. The van der Waals surface area contributed by atoms with Gasteiger partial charge in [0.25, 0.3) is 0 Å². The number of likely N-dealkylation sites (N-methyl/N-ethyl adjacent to an activating group) is 1. The zero-order chi connectivity index (χ0) is 11.8. The fraction of sp³-hybridized carbons (Fsp3) is 0.909. The third kappa shape index (κ3) is 5.74. The SMILES string of the molecule is CCCN(CCN(C)C)C(C)C(=O)OC. The Balaban J connectivity index is 4.17. The lowest BCUT2D eigenvalue weighted by Crippen LogP contribution is -2.43. The highest BCUT2D eigenvalue weighted by Gasteiger charge is 2.20. The first-order valence-corrected chi connectivity index (χ1v) is 5.49. The fourth-order valence-corrected chi connectivity index (χ4v) is 1.43. The van der Waals surface area contributed by atoms with Crippen molar-refractivity contribution in [3.63, 3.8) is 0 Å². The zero-order valence-corrected chi connectivity index (χ0v) is 10.6. The van der Waals surface area contributed by atoms with Crippen molar-refractivity contribution in [3.05, 3.63) is 0 Å². The second-order valence-corrected chi connectivity index (χ2v) is 4.04. The fourth-order valence-electron chi connectivity index (χ4n) is 1.43. The van der Waals surface area contributed by atoms with Gasteiger partial charge < -0.3 is 9.64 Å². The molecular formula is C11H24N2O2. The van der Waals surface area contributed by atoms with Gasteiger partial charge in [0, 0.05) is 13.1 Å². The van der Waals surface area contributed by atoms with Crippen LogP contribution in [-0.2, 0) is 9.53 Å². The van der Waals surface area contributed by atoms with Gasteiger partial charge in [0.1, 0.15) is 6.04 Å². The van der Waals surface area contributed by atoms with Crippen LogP contribution < -0.4 is 0 Å². The molecule has 4 heteroatoms. The van der Waals surface area contributed by atoms with Crippen LogP contribution in [0.15, 0.2) is 0 Å². The van der Waals surface area contributed by atoms with Gasteiger partial charge in [0.2, 0.25) is 0 Å². The molecule has 15 heavy (non-hydrogen) atoms. The predicted molar refractivity (Wildman–Crippen MR) is 61.9 cm³/mol. The summed E-state index contributed by atoms with van der Waals surface area (Å²) in [5.41, 5.74) is 0. The topological polar surface area (TPSA) is 32.8 Å². The van der Waals surface area contributed by atoms with Crippen LogP contribution in [0.4, 0.5) is 0 Å². The first-order valence-electron chi connectivity index (χ1n) is 5.49. The van der Waals surface area contributed by atoms with E-state index >= 15 is 0 Å². The third-order valence-electron chi connectivity index (χ3n) is 2.44. The number of ether oxygens (including phenoxy) is 1. The van der Waals surface area contributed by atoms with Crippen molar-refractivity contribution in [3.8, 4) is 0 Å². The Morgan fingerprint density at radius 3 is 2.27 bits per heavy atom. The molecule has 0 spiro atoms. The molecule has 90 valence electrons. The number of rotatable bonds is 7. The predicted octanol–water partition coefficient (Wildman–Crippen LogP) is 0.822. The number of nitrogens with zero attached hydrogens (tertiary/aromatic N) is 2. The van der Waals surface area contributed by atoms with Gasteiger partial charge in [-0.25, -0.2) is 0 Å². The van der Waals surface area contributed by atoms with E-state index in [1.54, 1.807) is 0 Å². The van der Waals surface area contributed by atoms with Crippen LogP contribution in [0.25, 0.3) is 0 Å². The summed E-state index contributed by atoms with van der Waals surface area (Å²) in [4.78, 5) is 15.7. The van der Waals surface area contributed by atoms with E-state index in [1.807, 2.05) is 21.0 Å². The second kappa shape index (κ2) is 7.65. The van der Waals surface area contributed by atoms with E-state index in [4.69, 9.17) is 4.74 Å². The van der Waals surface area contributed by atoms with Gasteiger partial charge in [-0.3, -0.25) is 9.69 Å². The summed E-state index contributed by atoms with van der Waals surface area (Å²) in [6.45, 7) is 6.81. The Bertz CT molecular complexity index is 183. The average molecular weight is 216 g/mol. The van der Waals surface area contributed by atoms with Crippen molar-refractivity contribution < 1.29 is 9.53 Å². The van der Waals surface area contributed by atoms with Gasteiger partial charge in [-0.1, -0.05) is 6.92 Å². The standard InChI is InChI=1S/C11H24N2O2/c1-6-7-13(9-8-12(3)4)10(2)11(14)15-5/h10H,6-9H2,1-5H3. The monoisotopic (exact) mass is 216 g/mol. The van der Waals surface area contributed by atoms with E-state index in [0.717, 1.165) is 26.1 Å². The highest BCUT2D eigenvalue weighted by Crippen LogP contribution is 2.02. The molecule has 1 atom stereocenters. The largest absolute Gasteiger partial charge is 0.468 e. The molecule has 0 aromatic rings. The Labute approximate surface area is 93.2 Å². The van der Waals surface area contributed by atoms with Crippen molar-refractivity contribution in [2.45, 2.75) is 26.3 Å². The van der Waals surface area contributed by atoms with E-state index in [0.29, 0.717) is 0 Å². The minimum Gasteiger partial charge on any atom is -0.468 e. The van der Waals surface area contributed by atoms with Gasteiger partial charge in [0.15, 0.2) is 0 Å². The molecule has 0 fully saturated rings. The Morgan fingerprint density at radius 1 is 1.27 bits per heavy atom. The number of carbonyl (C=O) groups excluding carboxylic acids is 1. The summed E-state index contributed by atoms with van der Waals surface area (Å²) in [5, 5.41) is 0. The van der Waals surface area contributed by atoms with Crippen LogP contribution >= 0.6 is 0 Å². The van der Waals surface area contributed by atoms with Crippen LogP contribution in [0.2, 0.25) is 0 Å². The van der Waals surface area contributed by atoms with Crippen LogP contribution in [0.3, 0.4) is 0 Å². The minimum atomic E-state index is -0.151. The maximum atomic E-state index is 11.4. The molecular weight excluding hydrogens is 192 g/mol. The van der Waals surface area contributed by atoms with Gasteiger partial charge >= 0.3 is 5.97 Å². The molecule has 0 aromatic carbocycles. The van der Waals surface area contributed by atoms with Crippen molar-refractivity contribution in [2.75, 3.05) is 40.8 Å². The molecule has 0 aromatic heterocycles. The molecule has 0 rings (SSSR count). The maximum absolute atomic E-state index is 11.4. The molecule has 0 bridgehead atoms. The number of methoxy groups -OCH3 is 1. The summed E-state index contributed by atoms with van der Waals surface area (Å²) < 4.78 is 4.75. The highest BCUT2D eigenvalue weighted by molar-refractivity contribution is 5.75. The Hall–Kier alpha value is -0.610. The van der Waals surface area contributed by atoms with Crippen LogP contribution in [0.5, 0.6) is 0 Å². The molecule has 0 aliphatic rings. The molecule has 0 amide bonds. The summed E-state index contributed by atoms with van der Waals surface area (Å²) in [7, 11) is 5.51. The molecule has 0 saturated carbocycles. The van der Waals surface area contributed by atoms with Gasteiger partial charge in [-0.2, -0.15) is 0 Å². The number of carbonyl (C=O) groups is 1. The molecule has 0 heterocycles. The van der Waals surface area contributed by atoms with Crippen molar-refractivity contribution in [2.24, 2.45) is 0 Å². The summed E-state index contributed by atoms with van der Waals surface area (Å²) in [6.07, 6.45) is 1.05. The summed E-state index contributed by atoms with van der Waals surface area (Å²) in [6, 6.07) is -0.144. The van der Waals surface area contributed by atoms with E-state index in [9.17, 15) is 4.79 Å². The molecule has 4 nitrogen and oxygen atoms in total. The van der Waals surface area contributed by atoms with Gasteiger partial charge in [-0.05, 0) is 34.0 Å². The summed E-state index contributed by atoms with van der Waals surface area (Å²) >= 11 is 0. The van der Waals surface area contributed by atoms with E-state index in [1.165, 1.54) is 7.11 Å². The zero-order valence-electron chi connectivity index (χ0n) is 10.6. The average Bonchev–Trinajstić information content (AvgIpc) is 2.21. The molecule has 0 saturated heterocycles. The Morgan fingerprint density at radius 2 is 1.87 bits per heavy atom. The molecule has 0 aliphatic heterocycles. The van der Waals surface area contributed by atoms with Crippen LogP contribution in [-0.4, -0.2) is 62.7 Å². The lowest BCUT2D eigenvalue weighted by Gasteiger charge is -2.27. The van der Waals surface area contributed by atoms with Gasteiger partial charge in [0.05, 0.1) is 7.11 Å². The van der Waals surface area contributed by atoms with Crippen LogP contribution in [0, 0.1) is 0 Å². The second-order valence-electron chi connectivity index (χ2n) is 4.04. The maximum Gasteiger partial charge on any atom is 0.322 e. The number of esters is 1. The van der Waals surface area contributed by atoms with Gasteiger partial charge in [-0.15, -0.1) is 0 Å². The molecule has 1 unspecified atom stereocenters. The normalized spacial score (nSPS) is 13.3. The molecule has 0 N–H and O–H groups in total. The van der Waals surface area contributed by atoms with E-state index in [2.05, 4.69) is 16.7 Å². The third-order valence-corrected chi connectivity index (χ3v) is 2.44. The van der Waals surface area contributed by atoms with Crippen molar-refractivity contribution in [1.82, 2.24) is 9.80 Å². The first kappa shape index (κ1) is 14.4. The summed E-state index contributed by atoms with van der Waals surface area (Å²) in [5.74, 6) is -0.151. The van der Waals surface area contributed by atoms with Crippen molar-refractivity contribution in [1.29, 1.82) is 0 Å².